The minimum atomic E-state index is -1.04. The number of nitrogens with one attached hydrogen (secondary N) is 1. The highest BCUT2D eigenvalue weighted by atomic mass is 16.6. The van der Waals surface area contributed by atoms with E-state index in [1.807, 2.05) is 38.1 Å². The Bertz CT molecular complexity index is 2200. The number of aromatic nitrogens is 4. The molecule has 2 fully saturated rings. The number of carbonyl (C=O) groups excluding carboxylic acids is 3. The van der Waals surface area contributed by atoms with E-state index in [0.29, 0.717) is 76.4 Å². The fourth-order valence-corrected chi connectivity index (χ4v) is 7.69. The first-order valence-corrected chi connectivity index (χ1v) is 18.5. The number of aryl methyl sites for hydroxylation is 1. The smallest absolute Gasteiger partial charge is 0.435 e. The Hall–Kier alpha value is -5.44. The molecule has 1 saturated heterocycles. The van der Waals surface area contributed by atoms with Gasteiger partial charge in [0.05, 0.1) is 43.0 Å². The van der Waals surface area contributed by atoms with Crippen molar-refractivity contribution in [3.63, 3.8) is 0 Å². The zero-order valence-corrected chi connectivity index (χ0v) is 33.3. The van der Waals surface area contributed by atoms with Crippen molar-refractivity contribution < 1.29 is 38.1 Å². The molecule has 3 aliphatic rings. The van der Waals surface area contributed by atoms with Gasteiger partial charge in [0.15, 0.2) is 17.5 Å². The number of methoxy groups -OCH3 is 2. The van der Waals surface area contributed by atoms with Gasteiger partial charge in [-0.2, -0.15) is 4.68 Å². The van der Waals surface area contributed by atoms with Gasteiger partial charge < -0.3 is 33.9 Å². The van der Waals surface area contributed by atoms with Crippen LogP contribution in [-0.4, -0.2) is 88.6 Å². The van der Waals surface area contributed by atoms with Gasteiger partial charge in [-0.3, -0.25) is 4.79 Å². The van der Waals surface area contributed by atoms with Gasteiger partial charge in [0.1, 0.15) is 22.8 Å². The lowest BCUT2D eigenvalue weighted by Crippen LogP contribution is -2.46. The average Bonchev–Trinajstić information content (AvgIpc) is 3.67. The van der Waals surface area contributed by atoms with Gasteiger partial charge in [-0.15, -0.1) is 5.10 Å². The molecular formula is C40H49N7O8. The molecule has 1 spiro atoms. The van der Waals surface area contributed by atoms with Crippen molar-refractivity contribution in [1.82, 2.24) is 19.7 Å². The van der Waals surface area contributed by atoms with Gasteiger partial charge in [0, 0.05) is 24.4 Å². The molecule has 2 aromatic heterocycles. The first kappa shape index (κ1) is 37.9. The number of hydrogen-bond donors (Lipinski definition) is 1. The van der Waals surface area contributed by atoms with Crippen molar-refractivity contribution in [3.05, 3.63) is 53.3 Å². The SMILES string of the molecule is COc1ccc2c(c1)[C@]1(C[C@H]1c1ccc3c(Nc4nc(C)nc(N5C[C@@H](C)O[C@@H](C)C5)c4OC)nn(C(=O)OC(C)(C)C)c3c1)C(=O)N2C(=O)OC(C)(C)C. The Balaban J connectivity index is 1.30. The van der Waals surface area contributed by atoms with Crippen molar-refractivity contribution >= 4 is 52.1 Å². The van der Waals surface area contributed by atoms with E-state index in [1.165, 1.54) is 4.68 Å². The Morgan fingerprint density at radius 2 is 1.56 bits per heavy atom. The molecule has 4 atom stereocenters. The van der Waals surface area contributed by atoms with Crippen LogP contribution in [0.15, 0.2) is 36.4 Å². The maximum absolute atomic E-state index is 14.4. The minimum absolute atomic E-state index is 0.0103. The van der Waals surface area contributed by atoms with Crippen LogP contribution >= 0.6 is 0 Å². The number of ether oxygens (including phenoxy) is 5. The topological polar surface area (TPSA) is 159 Å². The lowest BCUT2D eigenvalue weighted by molar-refractivity contribution is -0.120. The summed E-state index contributed by atoms with van der Waals surface area (Å²) in [6.45, 7) is 17.7. The predicted octanol–water partition coefficient (Wildman–Crippen LogP) is 7.00. The molecule has 15 nitrogen and oxygen atoms in total. The first-order valence-electron chi connectivity index (χ1n) is 18.5. The Labute approximate surface area is 320 Å². The average molecular weight is 756 g/mol. The van der Waals surface area contributed by atoms with Gasteiger partial charge in [-0.05, 0) is 110 Å². The van der Waals surface area contributed by atoms with E-state index in [1.54, 1.807) is 74.8 Å². The Kier molecular flexibility index (Phi) is 9.22. The molecule has 1 saturated carbocycles. The zero-order valence-electron chi connectivity index (χ0n) is 33.3. The van der Waals surface area contributed by atoms with Crippen LogP contribution in [0.2, 0.25) is 0 Å². The van der Waals surface area contributed by atoms with Crippen LogP contribution in [0.1, 0.15) is 84.7 Å². The number of amides is 2. The van der Waals surface area contributed by atoms with Crippen LogP contribution in [0.3, 0.4) is 0 Å². The summed E-state index contributed by atoms with van der Waals surface area (Å²) in [5, 5.41) is 8.66. The summed E-state index contributed by atoms with van der Waals surface area (Å²) >= 11 is 0. The Morgan fingerprint density at radius 1 is 0.891 bits per heavy atom. The van der Waals surface area contributed by atoms with Crippen LogP contribution in [-0.2, 0) is 24.4 Å². The molecule has 0 bridgehead atoms. The highest BCUT2D eigenvalue weighted by Crippen LogP contribution is 2.67. The number of morpholine rings is 1. The van der Waals surface area contributed by atoms with Crippen molar-refractivity contribution in [2.75, 3.05) is 42.4 Å². The molecule has 4 heterocycles. The lowest BCUT2D eigenvalue weighted by atomic mass is 9.91. The second kappa shape index (κ2) is 13.4. The van der Waals surface area contributed by atoms with Crippen LogP contribution in [0.4, 0.5) is 32.7 Å². The molecule has 1 aliphatic carbocycles. The summed E-state index contributed by atoms with van der Waals surface area (Å²) in [6.07, 6.45) is -1.01. The largest absolute Gasteiger partial charge is 0.497 e. The van der Waals surface area contributed by atoms with Crippen LogP contribution in [0.25, 0.3) is 10.9 Å². The third-order valence-corrected chi connectivity index (χ3v) is 9.84. The predicted molar refractivity (Wildman–Crippen MR) is 206 cm³/mol. The van der Waals surface area contributed by atoms with Gasteiger partial charge in [-0.25, -0.2) is 24.5 Å². The number of imide groups is 1. The first-order chi connectivity index (χ1) is 25.8. The standard InChI is InChI=1S/C40H49N7O8/c1-21-19-45(20-22(2)53-21)34-31(52-11)33(41-23(3)42-34)43-32-26-14-12-24(16-30(26)47(44-32)37(50)55-39(7,8)9)28-18-40(28)27-17-25(51-10)13-15-29(27)46(35(40)48)36(49)54-38(4,5)6/h12-17,21-22,28H,18-20H2,1-11H3,(H,41,42,43,44)/t21-,22+,28-,40-/m0/s1. The monoisotopic (exact) mass is 755 g/mol. The number of nitrogens with zero attached hydrogens (tertiary/aromatic N) is 6. The van der Waals surface area contributed by atoms with E-state index >= 15 is 0 Å². The molecule has 2 aliphatic heterocycles. The molecule has 7 rings (SSSR count). The van der Waals surface area contributed by atoms with E-state index in [0.717, 1.165) is 10.5 Å². The number of carbonyl (C=O) groups is 3. The quantitative estimate of drug-likeness (QED) is 0.215. The third-order valence-electron chi connectivity index (χ3n) is 9.84. The van der Waals surface area contributed by atoms with Crippen molar-refractivity contribution in [2.24, 2.45) is 0 Å². The van der Waals surface area contributed by atoms with E-state index in [9.17, 15) is 14.4 Å². The highest BCUT2D eigenvalue weighted by Gasteiger charge is 2.68. The second-order valence-corrected chi connectivity index (χ2v) is 16.5. The number of anilines is 4. The summed E-state index contributed by atoms with van der Waals surface area (Å²) in [5.41, 5.74) is -0.273. The summed E-state index contributed by atoms with van der Waals surface area (Å²) in [4.78, 5) is 54.3. The van der Waals surface area contributed by atoms with Crippen LogP contribution < -0.4 is 24.6 Å². The summed E-state index contributed by atoms with van der Waals surface area (Å²) < 4.78 is 30.1. The zero-order chi connectivity index (χ0) is 39.8. The van der Waals surface area contributed by atoms with Gasteiger partial charge in [0.2, 0.25) is 11.7 Å². The molecule has 292 valence electrons. The van der Waals surface area contributed by atoms with Crippen LogP contribution in [0, 0.1) is 6.92 Å². The molecule has 0 radical (unpaired) electrons. The van der Waals surface area contributed by atoms with Crippen molar-refractivity contribution in [2.45, 2.75) is 103 Å². The van der Waals surface area contributed by atoms with Gasteiger partial charge in [-0.1, -0.05) is 6.07 Å². The van der Waals surface area contributed by atoms with E-state index in [4.69, 9.17) is 33.8 Å². The molecular weight excluding hydrogens is 706 g/mol. The lowest BCUT2D eigenvalue weighted by Gasteiger charge is -2.36. The number of hydrogen-bond acceptors (Lipinski definition) is 13. The molecule has 4 aromatic rings. The van der Waals surface area contributed by atoms with Gasteiger partial charge in [0.25, 0.3) is 0 Å². The molecule has 55 heavy (non-hydrogen) atoms. The minimum Gasteiger partial charge on any atom is -0.497 e. The van der Waals surface area contributed by atoms with E-state index in [2.05, 4.69) is 15.2 Å². The van der Waals surface area contributed by atoms with E-state index in [-0.39, 0.29) is 24.0 Å². The highest BCUT2D eigenvalue weighted by molar-refractivity contribution is 6.23. The molecule has 0 unspecified atom stereocenters. The summed E-state index contributed by atoms with van der Waals surface area (Å²) in [5.74, 6) is 2.14. The fraction of sp³-hybridized carbons (Fsp3) is 0.500. The number of benzene rings is 2. The maximum atomic E-state index is 14.4. The summed E-state index contributed by atoms with van der Waals surface area (Å²) in [7, 11) is 3.12. The van der Waals surface area contributed by atoms with Crippen LogP contribution in [0.5, 0.6) is 11.5 Å². The normalized spacial score (nSPS) is 22.2. The number of rotatable bonds is 6. The van der Waals surface area contributed by atoms with E-state index < -0.39 is 28.8 Å². The van der Waals surface area contributed by atoms with Crippen molar-refractivity contribution in [1.29, 1.82) is 0 Å². The molecule has 2 amide bonds. The Morgan fingerprint density at radius 3 is 2.20 bits per heavy atom. The molecule has 1 N–H and O–H groups in total. The fourth-order valence-electron chi connectivity index (χ4n) is 7.69. The molecule has 2 aromatic carbocycles. The maximum Gasteiger partial charge on any atom is 0.435 e. The van der Waals surface area contributed by atoms with Gasteiger partial charge >= 0.3 is 12.2 Å². The van der Waals surface area contributed by atoms with Crippen molar-refractivity contribution in [3.8, 4) is 11.5 Å². The second-order valence-electron chi connectivity index (χ2n) is 16.5. The third kappa shape index (κ3) is 6.90. The molecule has 15 heteroatoms. The summed E-state index contributed by atoms with van der Waals surface area (Å²) in [6, 6.07) is 10.9. The number of fused-ring (bicyclic) bond motifs is 3.